The number of rotatable bonds is 8. The highest BCUT2D eigenvalue weighted by molar-refractivity contribution is 5.80. The second-order valence-corrected chi connectivity index (χ2v) is 5.88. The van der Waals surface area contributed by atoms with E-state index in [0.717, 1.165) is 51.6 Å². The molecule has 1 aliphatic heterocycles. The fraction of sp³-hybridized carbons (Fsp3) is 0.882. The van der Waals surface area contributed by atoms with Gasteiger partial charge in [0.05, 0.1) is 6.61 Å². The van der Waals surface area contributed by atoms with Crippen molar-refractivity contribution in [2.75, 3.05) is 66.0 Å². The van der Waals surface area contributed by atoms with Crippen molar-refractivity contribution in [2.24, 2.45) is 4.99 Å². The van der Waals surface area contributed by atoms with Gasteiger partial charge in [-0.1, -0.05) is 13.8 Å². The zero-order valence-corrected chi connectivity index (χ0v) is 15.9. The lowest BCUT2D eigenvalue weighted by molar-refractivity contribution is 0.0914. The molecule has 1 aliphatic rings. The van der Waals surface area contributed by atoms with Crippen molar-refractivity contribution in [3.8, 4) is 0 Å². The van der Waals surface area contributed by atoms with Gasteiger partial charge < -0.3 is 24.8 Å². The lowest BCUT2D eigenvalue weighted by atomic mass is 10.3. The minimum absolute atomic E-state index is 0.212. The Kier molecular flexibility index (Phi) is 10.2. The molecule has 0 atom stereocenters. The van der Waals surface area contributed by atoms with E-state index in [9.17, 15) is 4.79 Å². The molecule has 140 valence electrons. The molecule has 0 aromatic rings. The average Bonchev–Trinajstić information content (AvgIpc) is 2.62. The van der Waals surface area contributed by atoms with E-state index in [2.05, 4.69) is 34.0 Å². The summed E-state index contributed by atoms with van der Waals surface area (Å²) in [5, 5.41) is 3.44. The molecule has 1 fully saturated rings. The molecule has 1 N–H and O–H groups in total. The molecule has 7 heteroatoms. The topological polar surface area (TPSA) is 60.4 Å². The predicted molar refractivity (Wildman–Crippen MR) is 98.6 cm³/mol. The monoisotopic (exact) mass is 341 g/mol. The lowest BCUT2D eigenvalue weighted by Crippen LogP contribution is -2.54. The SMILES string of the molecule is CCOC(=O)N1CCN(C(=NC)NCCCCN(CC)CC)CC1. The van der Waals surface area contributed by atoms with Gasteiger partial charge >= 0.3 is 6.09 Å². The Morgan fingerprint density at radius 2 is 1.71 bits per heavy atom. The van der Waals surface area contributed by atoms with Gasteiger partial charge in [0.25, 0.3) is 0 Å². The highest BCUT2D eigenvalue weighted by atomic mass is 16.6. The molecular weight excluding hydrogens is 306 g/mol. The Labute approximate surface area is 147 Å². The molecule has 0 aliphatic carbocycles. The van der Waals surface area contributed by atoms with Crippen LogP contribution in [0.25, 0.3) is 0 Å². The van der Waals surface area contributed by atoms with Crippen molar-refractivity contribution >= 4 is 12.1 Å². The number of carbonyl (C=O) groups is 1. The molecule has 7 nitrogen and oxygen atoms in total. The van der Waals surface area contributed by atoms with Crippen molar-refractivity contribution in [3.63, 3.8) is 0 Å². The van der Waals surface area contributed by atoms with E-state index >= 15 is 0 Å². The fourth-order valence-electron chi connectivity index (χ4n) is 2.85. The van der Waals surface area contributed by atoms with Gasteiger partial charge in [0, 0.05) is 39.8 Å². The van der Waals surface area contributed by atoms with Gasteiger partial charge in [0.1, 0.15) is 0 Å². The number of carbonyl (C=O) groups excluding carboxylic acids is 1. The molecule has 0 saturated carbocycles. The minimum atomic E-state index is -0.212. The number of guanidine groups is 1. The summed E-state index contributed by atoms with van der Waals surface area (Å²) >= 11 is 0. The second kappa shape index (κ2) is 11.9. The molecule has 0 aromatic carbocycles. The summed E-state index contributed by atoms with van der Waals surface area (Å²) in [4.78, 5) is 22.5. The van der Waals surface area contributed by atoms with Crippen LogP contribution < -0.4 is 5.32 Å². The Hall–Kier alpha value is -1.50. The maximum absolute atomic E-state index is 11.7. The van der Waals surface area contributed by atoms with Crippen molar-refractivity contribution < 1.29 is 9.53 Å². The lowest BCUT2D eigenvalue weighted by Gasteiger charge is -2.35. The summed E-state index contributed by atoms with van der Waals surface area (Å²) in [6.07, 6.45) is 2.12. The summed E-state index contributed by atoms with van der Waals surface area (Å²) in [5.74, 6) is 0.932. The first-order valence-electron chi connectivity index (χ1n) is 9.25. The van der Waals surface area contributed by atoms with Gasteiger partial charge in [-0.2, -0.15) is 0 Å². The number of nitrogens with zero attached hydrogens (tertiary/aromatic N) is 4. The Morgan fingerprint density at radius 3 is 2.25 bits per heavy atom. The van der Waals surface area contributed by atoms with Gasteiger partial charge in [-0.3, -0.25) is 4.99 Å². The fourth-order valence-corrected chi connectivity index (χ4v) is 2.85. The minimum Gasteiger partial charge on any atom is -0.450 e. The van der Waals surface area contributed by atoms with E-state index in [0.29, 0.717) is 19.7 Å². The molecule has 1 heterocycles. The van der Waals surface area contributed by atoms with Crippen LogP contribution in [0.3, 0.4) is 0 Å². The first kappa shape index (κ1) is 20.5. The Bertz CT molecular complexity index is 377. The van der Waals surface area contributed by atoms with Crippen LogP contribution in [0.2, 0.25) is 0 Å². The number of hydrogen-bond donors (Lipinski definition) is 1. The summed E-state index contributed by atoms with van der Waals surface area (Å²) in [5.41, 5.74) is 0. The average molecular weight is 342 g/mol. The summed E-state index contributed by atoms with van der Waals surface area (Å²) in [6.45, 7) is 14.0. The molecule has 0 aromatic heterocycles. The third kappa shape index (κ3) is 6.95. The smallest absolute Gasteiger partial charge is 0.409 e. The van der Waals surface area contributed by atoms with Gasteiger partial charge in [-0.25, -0.2) is 4.79 Å². The van der Waals surface area contributed by atoms with Crippen LogP contribution >= 0.6 is 0 Å². The van der Waals surface area contributed by atoms with Crippen LogP contribution in [-0.4, -0.2) is 92.8 Å². The van der Waals surface area contributed by atoms with E-state index in [1.807, 2.05) is 14.0 Å². The number of nitrogens with one attached hydrogen (secondary N) is 1. The molecule has 24 heavy (non-hydrogen) atoms. The van der Waals surface area contributed by atoms with Crippen LogP contribution in [0.15, 0.2) is 4.99 Å². The van der Waals surface area contributed by atoms with E-state index < -0.39 is 0 Å². The molecule has 0 radical (unpaired) electrons. The maximum atomic E-state index is 11.7. The van der Waals surface area contributed by atoms with Crippen LogP contribution in [-0.2, 0) is 4.74 Å². The quantitative estimate of drug-likeness (QED) is 0.411. The molecule has 0 unspecified atom stereocenters. The van der Waals surface area contributed by atoms with Crippen molar-refractivity contribution in [2.45, 2.75) is 33.6 Å². The first-order valence-corrected chi connectivity index (χ1v) is 9.25. The van der Waals surface area contributed by atoms with Crippen LogP contribution in [0, 0.1) is 0 Å². The van der Waals surface area contributed by atoms with Gasteiger partial charge in [0.2, 0.25) is 0 Å². The number of ether oxygens (including phenoxy) is 1. The highest BCUT2D eigenvalue weighted by Gasteiger charge is 2.23. The number of amides is 1. The molecule has 1 rings (SSSR count). The Morgan fingerprint density at radius 1 is 1.08 bits per heavy atom. The van der Waals surface area contributed by atoms with Crippen molar-refractivity contribution in [1.82, 2.24) is 20.0 Å². The summed E-state index contributed by atoms with van der Waals surface area (Å²) in [6, 6.07) is 0. The molecule has 0 bridgehead atoms. The van der Waals surface area contributed by atoms with Crippen LogP contribution in [0.4, 0.5) is 4.79 Å². The van der Waals surface area contributed by atoms with E-state index in [4.69, 9.17) is 4.74 Å². The van der Waals surface area contributed by atoms with Crippen molar-refractivity contribution in [3.05, 3.63) is 0 Å². The number of piperazine rings is 1. The number of hydrogen-bond acceptors (Lipinski definition) is 4. The first-order chi connectivity index (χ1) is 11.7. The number of unbranched alkanes of at least 4 members (excludes halogenated alkanes) is 1. The second-order valence-electron chi connectivity index (χ2n) is 5.88. The maximum Gasteiger partial charge on any atom is 0.409 e. The number of aliphatic imine (C=N–C) groups is 1. The van der Waals surface area contributed by atoms with Gasteiger partial charge in [0.15, 0.2) is 5.96 Å². The van der Waals surface area contributed by atoms with Crippen LogP contribution in [0.1, 0.15) is 33.6 Å². The Balaban J connectivity index is 2.25. The van der Waals surface area contributed by atoms with Gasteiger partial charge in [-0.05, 0) is 39.4 Å². The zero-order chi connectivity index (χ0) is 17.8. The van der Waals surface area contributed by atoms with Gasteiger partial charge in [-0.15, -0.1) is 0 Å². The van der Waals surface area contributed by atoms with E-state index in [1.165, 1.54) is 6.42 Å². The zero-order valence-electron chi connectivity index (χ0n) is 15.9. The third-order valence-corrected chi connectivity index (χ3v) is 4.40. The standard InChI is InChI=1S/C17H35N5O2/c1-5-20(6-2)11-9-8-10-19-16(18-4)21-12-14-22(15-13-21)17(23)24-7-3/h5-15H2,1-4H3,(H,18,19). The van der Waals surface area contributed by atoms with Crippen LogP contribution in [0.5, 0.6) is 0 Å². The van der Waals surface area contributed by atoms with E-state index in [1.54, 1.807) is 4.90 Å². The molecular formula is C17H35N5O2. The summed E-state index contributed by atoms with van der Waals surface area (Å²) in [7, 11) is 1.82. The molecule has 1 saturated heterocycles. The van der Waals surface area contributed by atoms with Crippen molar-refractivity contribution in [1.29, 1.82) is 0 Å². The molecule has 1 amide bonds. The molecule has 0 spiro atoms. The third-order valence-electron chi connectivity index (χ3n) is 4.40. The normalized spacial score (nSPS) is 15.8. The van der Waals surface area contributed by atoms with E-state index in [-0.39, 0.29) is 6.09 Å². The predicted octanol–water partition coefficient (Wildman–Crippen LogP) is 1.46. The largest absolute Gasteiger partial charge is 0.450 e. The highest BCUT2D eigenvalue weighted by Crippen LogP contribution is 2.04. The summed E-state index contributed by atoms with van der Waals surface area (Å²) < 4.78 is 5.05.